The van der Waals surface area contributed by atoms with Crippen LogP contribution in [-0.4, -0.2) is 19.1 Å². The number of esters is 1. The molecular formula is C15H21NO2. The monoisotopic (exact) mass is 247 g/mol. The van der Waals surface area contributed by atoms with E-state index in [9.17, 15) is 4.79 Å². The Morgan fingerprint density at radius 3 is 2.89 bits per heavy atom. The van der Waals surface area contributed by atoms with E-state index in [4.69, 9.17) is 4.74 Å². The number of fused-ring (bicyclic) bond motifs is 1. The number of ether oxygens (including phenoxy) is 1. The van der Waals surface area contributed by atoms with Crippen molar-refractivity contribution in [1.82, 2.24) is 0 Å². The fraction of sp³-hybridized carbons (Fsp3) is 0.533. The molecular weight excluding hydrogens is 226 g/mol. The number of aryl methyl sites for hydroxylation is 1. The average molecular weight is 247 g/mol. The van der Waals surface area contributed by atoms with Crippen molar-refractivity contribution >= 4 is 11.7 Å². The van der Waals surface area contributed by atoms with E-state index in [1.807, 2.05) is 6.92 Å². The molecule has 0 spiro atoms. The summed E-state index contributed by atoms with van der Waals surface area (Å²) in [4.78, 5) is 11.6. The molecule has 0 fully saturated rings. The van der Waals surface area contributed by atoms with Crippen molar-refractivity contribution in [3.05, 3.63) is 29.3 Å². The van der Waals surface area contributed by atoms with Crippen molar-refractivity contribution in [1.29, 1.82) is 0 Å². The molecule has 98 valence electrons. The van der Waals surface area contributed by atoms with Crippen LogP contribution in [0.5, 0.6) is 0 Å². The lowest BCUT2D eigenvalue weighted by Crippen LogP contribution is -2.30. The van der Waals surface area contributed by atoms with Gasteiger partial charge >= 0.3 is 5.97 Å². The number of anilines is 1. The third-order valence-electron chi connectivity index (χ3n) is 3.62. The van der Waals surface area contributed by atoms with Gasteiger partial charge in [0.1, 0.15) is 6.04 Å². The summed E-state index contributed by atoms with van der Waals surface area (Å²) in [7, 11) is 1.44. The van der Waals surface area contributed by atoms with E-state index in [1.54, 1.807) is 0 Å². The largest absolute Gasteiger partial charge is 0.467 e. The first-order valence-electron chi connectivity index (χ1n) is 6.71. The molecule has 0 bridgehead atoms. The molecule has 1 aliphatic carbocycles. The van der Waals surface area contributed by atoms with E-state index in [2.05, 4.69) is 23.5 Å². The third kappa shape index (κ3) is 2.66. The Bertz CT molecular complexity index is 429. The van der Waals surface area contributed by atoms with Crippen LogP contribution in [0.2, 0.25) is 0 Å². The summed E-state index contributed by atoms with van der Waals surface area (Å²) in [6.07, 6.45) is 5.50. The molecule has 0 saturated carbocycles. The lowest BCUT2D eigenvalue weighted by Gasteiger charge is -2.23. The summed E-state index contributed by atoms with van der Waals surface area (Å²) in [6, 6.07) is 6.08. The zero-order chi connectivity index (χ0) is 13.0. The number of hydrogen-bond acceptors (Lipinski definition) is 3. The Labute approximate surface area is 109 Å². The minimum atomic E-state index is -0.247. The van der Waals surface area contributed by atoms with E-state index < -0.39 is 0 Å². The van der Waals surface area contributed by atoms with Gasteiger partial charge < -0.3 is 10.1 Å². The normalized spacial score (nSPS) is 15.7. The average Bonchev–Trinajstić information content (AvgIpc) is 2.44. The van der Waals surface area contributed by atoms with Gasteiger partial charge in [-0.1, -0.05) is 19.1 Å². The lowest BCUT2D eigenvalue weighted by molar-refractivity contribution is -0.141. The van der Waals surface area contributed by atoms with Crippen molar-refractivity contribution < 1.29 is 9.53 Å². The van der Waals surface area contributed by atoms with Crippen LogP contribution in [0.25, 0.3) is 0 Å². The zero-order valence-electron chi connectivity index (χ0n) is 11.2. The standard InChI is InChI=1S/C15H21NO2/c1-3-13(15(17)18-2)16-14-10-6-8-11-7-4-5-9-12(11)14/h6,8,10,13,16H,3-5,7,9H2,1-2H3. The molecule has 0 aromatic heterocycles. The highest BCUT2D eigenvalue weighted by molar-refractivity contribution is 5.79. The first kappa shape index (κ1) is 12.9. The second-order valence-corrected chi connectivity index (χ2v) is 4.78. The van der Waals surface area contributed by atoms with Gasteiger partial charge in [-0.05, 0) is 49.3 Å². The first-order valence-corrected chi connectivity index (χ1v) is 6.71. The van der Waals surface area contributed by atoms with Crippen molar-refractivity contribution in [2.24, 2.45) is 0 Å². The highest BCUT2D eigenvalue weighted by atomic mass is 16.5. The van der Waals surface area contributed by atoms with Gasteiger partial charge in [0, 0.05) is 5.69 Å². The van der Waals surface area contributed by atoms with Gasteiger partial charge in [0.2, 0.25) is 0 Å². The molecule has 3 nitrogen and oxygen atoms in total. The topological polar surface area (TPSA) is 38.3 Å². The predicted octanol–water partition coefficient (Wildman–Crippen LogP) is 2.93. The van der Waals surface area contributed by atoms with Crippen LogP contribution in [0, 0.1) is 0 Å². The van der Waals surface area contributed by atoms with Gasteiger partial charge in [0.15, 0.2) is 0 Å². The number of nitrogens with one attached hydrogen (secondary N) is 1. The molecule has 0 saturated heterocycles. The summed E-state index contributed by atoms with van der Waals surface area (Å²) < 4.78 is 4.82. The Morgan fingerprint density at radius 2 is 2.17 bits per heavy atom. The maximum atomic E-state index is 11.6. The number of carbonyl (C=O) groups excluding carboxylic acids is 1. The van der Waals surface area contributed by atoms with Gasteiger partial charge in [-0.2, -0.15) is 0 Å². The van der Waals surface area contributed by atoms with Crippen LogP contribution in [0.15, 0.2) is 18.2 Å². The molecule has 0 aliphatic heterocycles. The summed E-state index contributed by atoms with van der Waals surface area (Å²) in [5.41, 5.74) is 3.90. The molecule has 0 radical (unpaired) electrons. The smallest absolute Gasteiger partial charge is 0.328 e. The van der Waals surface area contributed by atoms with E-state index in [-0.39, 0.29) is 12.0 Å². The fourth-order valence-electron chi connectivity index (χ4n) is 2.57. The molecule has 0 amide bonds. The molecule has 1 aliphatic rings. The Kier molecular flexibility index (Phi) is 4.24. The van der Waals surface area contributed by atoms with E-state index >= 15 is 0 Å². The van der Waals surface area contributed by atoms with Gasteiger partial charge in [-0.25, -0.2) is 4.79 Å². The van der Waals surface area contributed by atoms with Crippen LogP contribution >= 0.6 is 0 Å². The third-order valence-corrected chi connectivity index (χ3v) is 3.62. The summed E-state index contributed by atoms with van der Waals surface area (Å²) in [6.45, 7) is 1.99. The highest BCUT2D eigenvalue weighted by Crippen LogP contribution is 2.28. The first-order chi connectivity index (χ1) is 8.76. The van der Waals surface area contributed by atoms with Crippen LogP contribution in [0.4, 0.5) is 5.69 Å². The molecule has 2 rings (SSSR count). The van der Waals surface area contributed by atoms with Crippen LogP contribution in [-0.2, 0) is 22.4 Å². The molecule has 1 unspecified atom stereocenters. The number of hydrogen-bond donors (Lipinski definition) is 1. The predicted molar refractivity (Wildman–Crippen MR) is 72.8 cm³/mol. The van der Waals surface area contributed by atoms with Crippen LogP contribution in [0.1, 0.15) is 37.3 Å². The summed E-state index contributed by atoms with van der Waals surface area (Å²) in [5.74, 6) is -0.189. The number of carbonyl (C=O) groups is 1. The quantitative estimate of drug-likeness (QED) is 0.831. The number of methoxy groups -OCH3 is 1. The summed E-state index contributed by atoms with van der Waals surface area (Å²) >= 11 is 0. The van der Waals surface area contributed by atoms with Crippen molar-refractivity contribution in [3.63, 3.8) is 0 Å². The SMILES string of the molecule is CCC(Nc1cccc2c1CCCC2)C(=O)OC. The molecule has 0 heterocycles. The van der Waals surface area contributed by atoms with Crippen LogP contribution in [0.3, 0.4) is 0 Å². The van der Waals surface area contributed by atoms with Gasteiger partial charge in [-0.3, -0.25) is 0 Å². The second kappa shape index (κ2) is 5.89. The number of rotatable bonds is 4. The number of benzene rings is 1. The van der Waals surface area contributed by atoms with E-state index in [0.29, 0.717) is 0 Å². The minimum absolute atomic E-state index is 0.189. The highest BCUT2D eigenvalue weighted by Gasteiger charge is 2.19. The van der Waals surface area contributed by atoms with Gasteiger partial charge in [-0.15, -0.1) is 0 Å². The Balaban J connectivity index is 2.20. The zero-order valence-corrected chi connectivity index (χ0v) is 11.2. The maximum absolute atomic E-state index is 11.6. The molecule has 1 N–H and O–H groups in total. The molecule has 1 aromatic carbocycles. The fourth-order valence-corrected chi connectivity index (χ4v) is 2.57. The van der Waals surface area contributed by atoms with Crippen molar-refractivity contribution in [3.8, 4) is 0 Å². The lowest BCUT2D eigenvalue weighted by atomic mass is 9.90. The van der Waals surface area contributed by atoms with Crippen molar-refractivity contribution in [2.45, 2.75) is 45.1 Å². The molecule has 18 heavy (non-hydrogen) atoms. The molecule has 3 heteroatoms. The second-order valence-electron chi connectivity index (χ2n) is 4.78. The van der Waals surface area contributed by atoms with E-state index in [0.717, 1.165) is 24.9 Å². The summed E-state index contributed by atoms with van der Waals surface area (Å²) in [5, 5.41) is 3.33. The minimum Gasteiger partial charge on any atom is -0.467 e. The Morgan fingerprint density at radius 1 is 1.39 bits per heavy atom. The van der Waals surface area contributed by atoms with Gasteiger partial charge in [0.25, 0.3) is 0 Å². The molecule has 1 atom stereocenters. The Hall–Kier alpha value is -1.51. The van der Waals surface area contributed by atoms with E-state index in [1.165, 1.54) is 31.1 Å². The van der Waals surface area contributed by atoms with Gasteiger partial charge in [0.05, 0.1) is 7.11 Å². The molecule has 1 aromatic rings. The van der Waals surface area contributed by atoms with Crippen LogP contribution < -0.4 is 5.32 Å². The maximum Gasteiger partial charge on any atom is 0.328 e. The van der Waals surface area contributed by atoms with Crippen molar-refractivity contribution in [2.75, 3.05) is 12.4 Å².